The van der Waals surface area contributed by atoms with Crippen LogP contribution in [0.15, 0.2) is 54.6 Å². The maximum atomic E-state index is 12.1. The Kier molecular flexibility index (Phi) is 5.55. The Morgan fingerprint density at radius 1 is 1.05 bits per heavy atom. The van der Waals surface area contributed by atoms with Crippen molar-refractivity contribution in [2.45, 2.75) is 13.0 Å². The fourth-order valence-electron chi connectivity index (χ4n) is 1.79. The standard InChI is InChI=1S/C17H15ClO4/c1-12(17(20)13-5-3-2-4-6-13)22-16(19)11-21-15-9-7-14(18)8-10-15/h2-10,12H,11H2,1H3/t12-/m1/s1. The zero-order chi connectivity index (χ0) is 15.9. The molecule has 0 amide bonds. The molecule has 0 heterocycles. The van der Waals surface area contributed by atoms with Gasteiger partial charge in [-0.3, -0.25) is 4.79 Å². The molecule has 0 aliphatic heterocycles. The van der Waals surface area contributed by atoms with Gasteiger partial charge in [0, 0.05) is 10.6 Å². The minimum absolute atomic E-state index is 0.250. The summed E-state index contributed by atoms with van der Waals surface area (Å²) in [5, 5.41) is 0.581. The molecule has 22 heavy (non-hydrogen) atoms. The van der Waals surface area contributed by atoms with Crippen LogP contribution in [0.1, 0.15) is 17.3 Å². The van der Waals surface area contributed by atoms with Crippen LogP contribution in [0.4, 0.5) is 0 Å². The smallest absolute Gasteiger partial charge is 0.344 e. The molecule has 0 radical (unpaired) electrons. The number of carbonyl (C=O) groups is 2. The molecule has 2 rings (SSSR count). The molecule has 0 unspecified atom stereocenters. The zero-order valence-corrected chi connectivity index (χ0v) is 12.7. The second kappa shape index (κ2) is 7.61. The van der Waals surface area contributed by atoms with Gasteiger partial charge in [-0.05, 0) is 31.2 Å². The average Bonchev–Trinajstić information content (AvgIpc) is 2.54. The molecule has 0 saturated heterocycles. The van der Waals surface area contributed by atoms with Gasteiger partial charge in [0.1, 0.15) is 5.75 Å². The van der Waals surface area contributed by atoms with Gasteiger partial charge in [0.2, 0.25) is 5.78 Å². The van der Waals surface area contributed by atoms with Gasteiger partial charge >= 0.3 is 5.97 Å². The number of carbonyl (C=O) groups excluding carboxylic acids is 2. The highest BCUT2D eigenvalue weighted by atomic mass is 35.5. The Morgan fingerprint density at radius 3 is 2.32 bits per heavy atom. The molecular formula is C17H15ClO4. The Morgan fingerprint density at radius 2 is 1.68 bits per heavy atom. The molecule has 0 saturated carbocycles. The van der Waals surface area contributed by atoms with Gasteiger partial charge < -0.3 is 9.47 Å². The molecule has 4 nitrogen and oxygen atoms in total. The van der Waals surface area contributed by atoms with E-state index in [2.05, 4.69) is 0 Å². The minimum atomic E-state index is -0.858. The molecule has 2 aromatic carbocycles. The van der Waals surface area contributed by atoms with Crippen molar-refractivity contribution in [1.82, 2.24) is 0 Å². The fourth-order valence-corrected chi connectivity index (χ4v) is 1.92. The van der Waals surface area contributed by atoms with Crippen LogP contribution in [0.5, 0.6) is 5.75 Å². The summed E-state index contributed by atoms with van der Waals surface area (Å²) in [4.78, 5) is 23.8. The van der Waals surface area contributed by atoms with E-state index < -0.39 is 12.1 Å². The number of halogens is 1. The number of ether oxygens (including phenoxy) is 2. The Hall–Kier alpha value is -2.33. The maximum Gasteiger partial charge on any atom is 0.344 e. The molecule has 114 valence electrons. The topological polar surface area (TPSA) is 52.6 Å². The second-order valence-electron chi connectivity index (χ2n) is 4.60. The van der Waals surface area contributed by atoms with E-state index in [9.17, 15) is 9.59 Å². The first-order chi connectivity index (χ1) is 10.6. The lowest BCUT2D eigenvalue weighted by Crippen LogP contribution is -2.27. The van der Waals surface area contributed by atoms with Gasteiger partial charge in [0.15, 0.2) is 12.7 Å². The van der Waals surface area contributed by atoms with Crippen LogP contribution in [-0.4, -0.2) is 24.5 Å². The van der Waals surface area contributed by atoms with Crippen molar-refractivity contribution in [1.29, 1.82) is 0 Å². The number of ketones is 1. The summed E-state index contributed by atoms with van der Waals surface area (Å²) >= 11 is 5.75. The molecule has 0 aromatic heterocycles. The van der Waals surface area contributed by atoms with Gasteiger partial charge in [0.25, 0.3) is 0 Å². The molecule has 0 bridgehead atoms. The summed E-state index contributed by atoms with van der Waals surface area (Å²) in [7, 11) is 0. The lowest BCUT2D eigenvalue weighted by molar-refractivity contribution is -0.148. The number of benzene rings is 2. The van der Waals surface area contributed by atoms with Crippen molar-refractivity contribution >= 4 is 23.4 Å². The second-order valence-corrected chi connectivity index (χ2v) is 5.04. The van der Waals surface area contributed by atoms with Crippen molar-refractivity contribution in [2.75, 3.05) is 6.61 Å². The van der Waals surface area contributed by atoms with Crippen LogP contribution >= 0.6 is 11.6 Å². The minimum Gasteiger partial charge on any atom is -0.482 e. The SMILES string of the molecule is C[C@@H](OC(=O)COc1ccc(Cl)cc1)C(=O)c1ccccc1. The molecule has 5 heteroatoms. The summed E-state index contributed by atoms with van der Waals surface area (Å²) in [6.45, 7) is 1.27. The third kappa shape index (κ3) is 4.60. The summed E-state index contributed by atoms with van der Waals surface area (Å²) in [5.74, 6) is -0.351. The normalized spacial score (nSPS) is 11.5. The van der Waals surface area contributed by atoms with Crippen LogP contribution in [-0.2, 0) is 9.53 Å². The van der Waals surface area contributed by atoms with E-state index in [1.54, 1.807) is 48.5 Å². The largest absolute Gasteiger partial charge is 0.482 e. The predicted molar refractivity (Wildman–Crippen MR) is 83.3 cm³/mol. The molecule has 0 spiro atoms. The molecule has 0 fully saturated rings. The van der Waals surface area contributed by atoms with E-state index in [0.29, 0.717) is 16.3 Å². The van der Waals surface area contributed by atoms with E-state index in [1.165, 1.54) is 6.92 Å². The van der Waals surface area contributed by atoms with Crippen LogP contribution in [0, 0.1) is 0 Å². The molecule has 1 atom stereocenters. The highest BCUT2D eigenvalue weighted by Crippen LogP contribution is 2.15. The number of esters is 1. The lowest BCUT2D eigenvalue weighted by Gasteiger charge is -2.12. The van der Waals surface area contributed by atoms with Gasteiger partial charge in [0.05, 0.1) is 0 Å². The Labute approximate surface area is 133 Å². The monoisotopic (exact) mass is 318 g/mol. The highest BCUT2D eigenvalue weighted by Gasteiger charge is 2.19. The van der Waals surface area contributed by atoms with Gasteiger partial charge in [-0.25, -0.2) is 4.79 Å². The van der Waals surface area contributed by atoms with E-state index in [1.807, 2.05) is 6.07 Å². The molecule has 0 N–H and O–H groups in total. The maximum absolute atomic E-state index is 12.1. The van der Waals surface area contributed by atoms with Crippen LogP contribution < -0.4 is 4.74 Å². The Bertz CT molecular complexity index is 637. The Balaban J connectivity index is 1.83. The molecular weight excluding hydrogens is 304 g/mol. The number of hydrogen-bond donors (Lipinski definition) is 0. The van der Waals surface area contributed by atoms with Gasteiger partial charge in [-0.2, -0.15) is 0 Å². The van der Waals surface area contributed by atoms with Crippen molar-refractivity contribution in [3.63, 3.8) is 0 Å². The summed E-state index contributed by atoms with van der Waals surface area (Å²) < 4.78 is 10.3. The third-order valence-electron chi connectivity index (χ3n) is 2.91. The number of rotatable bonds is 6. The summed E-state index contributed by atoms with van der Waals surface area (Å²) in [6, 6.07) is 15.3. The number of hydrogen-bond acceptors (Lipinski definition) is 4. The van der Waals surface area contributed by atoms with Gasteiger partial charge in [-0.1, -0.05) is 41.9 Å². The van der Waals surface area contributed by atoms with Crippen molar-refractivity contribution in [3.05, 3.63) is 65.2 Å². The van der Waals surface area contributed by atoms with E-state index in [4.69, 9.17) is 21.1 Å². The number of Topliss-reactive ketones (excluding diaryl/α,β-unsaturated/α-hetero) is 1. The first kappa shape index (κ1) is 16.0. The fraction of sp³-hybridized carbons (Fsp3) is 0.176. The molecule has 0 aliphatic carbocycles. The van der Waals surface area contributed by atoms with Crippen LogP contribution in [0.25, 0.3) is 0 Å². The highest BCUT2D eigenvalue weighted by molar-refractivity contribution is 6.30. The van der Waals surface area contributed by atoms with Crippen molar-refractivity contribution in [2.24, 2.45) is 0 Å². The lowest BCUT2D eigenvalue weighted by atomic mass is 10.1. The first-order valence-electron chi connectivity index (χ1n) is 6.73. The summed E-state index contributed by atoms with van der Waals surface area (Å²) in [5.41, 5.74) is 0.501. The van der Waals surface area contributed by atoms with Crippen LogP contribution in [0.3, 0.4) is 0 Å². The first-order valence-corrected chi connectivity index (χ1v) is 7.11. The van der Waals surface area contributed by atoms with E-state index in [-0.39, 0.29) is 12.4 Å². The third-order valence-corrected chi connectivity index (χ3v) is 3.16. The summed E-state index contributed by atoms with van der Waals surface area (Å²) in [6.07, 6.45) is -0.858. The predicted octanol–water partition coefficient (Wildman–Crippen LogP) is 3.53. The zero-order valence-electron chi connectivity index (χ0n) is 12.0. The van der Waals surface area contributed by atoms with E-state index >= 15 is 0 Å². The van der Waals surface area contributed by atoms with Crippen molar-refractivity contribution in [3.8, 4) is 5.75 Å². The average molecular weight is 319 g/mol. The van der Waals surface area contributed by atoms with Crippen molar-refractivity contribution < 1.29 is 19.1 Å². The molecule has 2 aromatic rings. The molecule has 0 aliphatic rings. The quantitative estimate of drug-likeness (QED) is 0.604. The van der Waals surface area contributed by atoms with Gasteiger partial charge in [-0.15, -0.1) is 0 Å². The van der Waals surface area contributed by atoms with Crippen LogP contribution in [0.2, 0.25) is 5.02 Å². The van der Waals surface area contributed by atoms with E-state index in [0.717, 1.165) is 0 Å².